The predicted octanol–water partition coefficient (Wildman–Crippen LogP) is 0.489. The van der Waals surface area contributed by atoms with Gasteiger partial charge in [0.15, 0.2) is 11.1 Å². The van der Waals surface area contributed by atoms with Gasteiger partial charge in [0.2, 0.25) is 5.88 Å². The number of thiophene rings is 1. The number of carboxylic acids is 1. The highest BCUT2D eigenvalue weighted by atomic mass is 32.1. The Hall–Kier alpha value is -3.73. The number of nitrogens with zero attached hydrogens (tertiary/aromatic N) is 4. The number of hydrogen-bond donors (Lipinski definition) is 4. The van der Waals surface area contributed by atoms with Gasteiger partial charge in [-0.25, -0.2) is 14.6 Å². The lowest BCUT2D eigenvalue weighted by molar-refractivity contribution is 0.0702. The Bertz CT molecular complexity index is 1440. The van der Waals surface area contributed by atoms with Crippen molar-refractivity contribution in [2.24, 2.45) is 4.99 Å². The van der Waals surface area contributed by atoms with Gasteiger partial charge in [-0.3, -0.25) is 9.98 Å². The number of aromatic carboxylic acids is 1. The van der Waals surface area contributed by atoms with Gasteiger partial charge in [0.1, 0.15) is 10.6 Å². The maximum absolute atomic E-state index is 11.4. The molecule has 146 valence electrons. The smallest absolute Gasteiger partial charge is 0.345 e. The van der Waals surface area contributed by atoms with Crippen LogP contribution in [0, 0.1) is 0 Å². The summed E-state index contributed by atoms with van der Waals surface area (Å²) in [7, 11) is 0. The molecule has 1 aliphatic carbocycles. The van der Waals surface area contributed by atoms with Gasteiger partial charge in [-0.2, -0.15) is 9.61 Å². The fourth-order valence-corrected chi connectivity index (χ4v) is 3.72. The first-order chi connectivity index (χ1) is 14.0. The lowest BCUT2D eigenvalue weighted by Crippen LogP contribution is -2.19. The number of carbonyl (C=O) groups is 1. The van der Waals surface area contributed by atoms with E-state index in [1.807, 2.05) is 0 Å². The summed E-state index contributed by atoms with van der Waals surface area (Å²) >= 11 is 1.13. The molecule has 0 amide bonds. The Kier molecular flexibility index (Phi) is 3.84. The third-order valence-electron chi connectivity index (χ3n) is 4.45. The molecule has 0 spiro atoms. The van der Waals surface area contributed by atoms with Gasteiger partial charge in [-0.05, 0) is 31.1 Å². The normalized spacial score (nSPS) is 15.4. The third kappa shape index (κ3) is 3.21. The maximum Gasteiger partial charge on any atom is 0.345 e. The van der Waals surface area contributed by atoms with Crippen LogP contribution < -0.4 is 16.4 Å². The van der Waals surface area contributed by atoms with Crippen LogP contribution in [-0.4, -0.2) is 46.8 Å². The van der Waals surface area contributed by atoms with Crippen LogP contribution in [0.3, 0.4) is 0 Å². The Balaban J connectivity index is 1.75. The molecule has 4 heterocycles. The quantitative estimate of drug-likeness (QED) is 0.385. The number of H-pyrrole nitrogens is 2. The standard InChI is InChI=1S/C18H14N6O4S/c25-16-11(22-18(28)23-16)5-8-7-19-24-14(20-9-1-2-9)6-10(21-15(8)24)12-3-4-13(29-12)17(26)27/h3-7,9,25H,1-2H2,(H,26,27)(H2,22,23,28). The summed E-state index contributed by atoms with van der Waals surface area (Å²) in [5.74, 6) is -1.27. The van der Waals surface area contributed by atoms with Gasteiger partial charge in [-0.15, -0.1) is 11.3 Å². The van der Waals surface area contributed by atoms with E-state index in [0.717, 1.165) is 24.2 Å². The topological polar surface area (TPSA) is 149 Å². The summed E-state index contributed by atoms with van der Waals surface area (Å²) in [6.45, 7) is 0. The van der Waals surface area contributed by atoms with E-state index in [4.69, 9.17) is 4.99 Å². The number of fused-ring (bicyclic) bond motifs is 1. The summed E-state index contributed by atoms with van der Waals surface area (Å²) < 4.78 is 1.60. The van der Waals surface area contributed by atoms with Crippen molar-refractivity contribution in [2.75, 3.05) is 0 Å². The van der Waals surface area contributed by atoms with E-state index in [2.05, 4.69) is 20.1 Å². The van der Waals surface area contributed by atoms with Gasteiger partial charge >= 0.3 is 11.7 Å². The Labute approximate surface area is 165 Å². The molecule has 0 atom stereocenters. The van der Waals surface area contributed by atoms with Gasteiger partial charge in [-0.1, -0.05) is 0 Å². The minimum Gasteiger partial charge on any atom is -0.493 e. The van der Waals surface area contributed by atoms with Crippen LogP contribution in [0.5, 0.6) is 5.88 Å². The monoisotopic (exact) mass is 410 g/mol. The fraction of sp³-hybridized carbons (Fsp3) is 0.167. The van der Waals surface area contributed by atoms with Crippen molar-refractivity contribution in [3.63, 3.8) is 0 Å². The molecule has 1 aliphatic rings. The van der Waals surface area contributed by atoms with Crippen LogP contribution in [0.2, 0.25) is 0 Å². The molecule has 1 saturated carbocycles. The number of aromatic hydroxyl groups is 1. The summed E-state index contributed by atoms with van der Waals surface area (Å²) in [6.07, 6.45) is 5.16. The van der Waals surface area contributed by atoms with E-state index in [1.165, 1.54) is 6.07 Å². The number of carboxylic acid groups (broad SMARTS) is 1. The minimum atomic E-state index is -0.990. The summed E-state index contributed by atoms with van der Waals surface area (Å²) in [5.41, 5.74) is 1.36. The largest absolute Gasteiger partial charge is 0.493 e. The number of aromatic amines is 2. The van der Waals surface area contributed by atoms with Crippen molar-refractivity contribution in [2.45, 2.75) is 18.9 Å². The Morgan fingerprint density at radius 1 is 1.34 bits per heavy atom. The van der Waals surface area contributed by atoms with Crippen molar-refractivity contribution in [1.82, 2.24) is 24.6 Å². The summed E-state index contributed by atoms with van der Waals surface area (Å²) in [4.78, 5) is 37.6. The van der Waals surface area contributed by atoms with E-state index in [0.29, 0.717) is 26.9 Å². The van der Waals surface area contributed by atoms with E-state index >= 15 is 0 Å². The zero-order valence-electron chi connectivity index (χ0n) is 14.8. The highest BCUT2D eigenvalue weighted by Crippen LogP contribution is 2.26. The van der Waals surface area contributed by atoms with Crippen molar-refractivity contribution < 1.29 is 15.0 Å². The first kappa shape index (κ1) is 17.4. The molecule has 0 aromatic carbocycles. The van der Waals surface area contributed by atoms with Crippen LogP contribution in [0.1, 0.15) is 28.2 Å². The van der Waals surface area contributed by atoms with Crippen molar-refractivity contribution in [3.05, 3.63) is 56.2 Å². The number of imidazole rings is 1. The van der Waals surface area contributed by atoms with Gasteiger partial charge < -0.3 is 15.2 Å². The zero-order chi connectivity index (χ0) is 20.1. The molecule has 4 aromatic rings. The molecule has 1 fully saturated rings. The fourth-order valence-electron chi connectivity index (χ4n) is 2.91. The lowest BCUT2D eigenvalue weighted by atomic mass is 10.3. The predicted molar refractivity (Wildman–Crippen MR) is 104 cm³/mol. The van der Waals surface area contributed by atoms with Crippen molar-refractivity contribution in [3.8, 4) is 16.5 Å². The third-order valence-corrected chi connectivity index (χ3v) is 5.54. The first-order valence-corrected chi connectivity index (χ1v) is 9.59. The maximum atomic E-state index is 11.4. The zero-order valence-corrected chi connectivity index (χ0v) is 15.6. The highest BCUT2D eigenvalue weighted by Gasteiger charge is 2.20. The van der Waals surface area contributed by atoms with E-state index in [1.54, 1.807) is 28.9 Å². The number of rotatable bonds is 4. The molecule has 29 heavy (non-hydrogen) atoms. The van der Waals surface area contributed by atoms with E-state index in [9.17, 15) is 19.8 Å². The molecule has 10 nitrogen and oxygen atoms in total. The second-order valence-electron chi connectivity index (χ2n) is 6.65. The molecule has 4 N–H and O–H groups in total. The second kappa shape index (κ2) is 6.41. The number of nitrogens with one attached hydrogen (secondary N) is 2. The molecule has 0 radical (unpaired) electrons. The average molecular weight is 410 g/mol. The Morgan fingerprint density at radius 3 is 2.83 bits per heavy atom. The number of aromatic nitrogens is 5. The van der Waals surface area contributed by atoms with Crippen molar-refractivity contribution in [1.29, 1.82) is 0 Å². The summed E-state index contributed by atoms with van der Waals surface area (Å²) in [6, 6.07) is 5.28. The van der Waals surface area contributed by atoms with E-state index < -0.39 is 11.7 Å². The molecule has 11 heteroatoms. The molecule has 0 saturated heterocycles. The van der Waals surface area contributed by atoms with Gasteiger partial charge in [0.25, 0.3) is 0 Å². The molecule has 5 rings (SSSR count). The molecular formula is C18H14N6O4S. The molecular weight excluding hydrogens is 396 g/mol. The number of hydrogen-bond acceptors (Lipinski definition) is 7. The minimum absolute atomic E-state index is 0.210. The first-order valence-electron chi connectivity index (χ1n) is 8.77. The molecule has 0 unspecified atom stereocenters. The van der Waals surface area contributed by atoms with Gasteiger partial charge in [0, 0.05) is 11.3 Å². The average Bonchev–Trinajstić information content (AvgIpc) is 3.08. The second-order valence-corrected chi connectivity index (χ2v) is 7.73. The highest BCUT2D eigenvalue weighted by molar-refractivity contribution is 7.17. The van der Waals surface area contributed by atoms with E-state index in [-0.39, 0.29) is 22.5 Å². The van der Waals surface area contributed by atoms with Gasteiger partial charge in [0.05, 0.1) is 22.8 Å². The Morgan fingerprint density at radius 2 is 2.17 bits per heavy atom. The summed E-state index contributed by atoms with van der Waals surface area (Å²) in [5, 5.41) is 24.0. The van der Waals surface area contributed by atoms with Crippen LogP contribution in [-0.2, 0) is 0 Å². The molecule has 0 aliphatic heterocycles. The lowest BCUT2D eigenvalue weighted by Gasteiger charge is -2.00. The van der Waals surface area contributed by atoms with Crippen LogP contribution in [0.4, 0.5) is 0 Å². The molecule has 0 bridgehead atoms. The SMILES string of the molecule is O=C(O)c1ccc(-c2cc(=NC3CC3)n3ncc(=Cc4[nH]c(=O)[nH]c4O)c3n2)s1. The van der Waals surface area contributed by atoms with Crippen LogP contribution in [0.25, 0.3) is 22.3 Å². The molecule has 4 aromatic heterocycles. The van der Waals surface area contributed by atoms with Crippen molar-refractivity contribution >= 4 is 29.0 Å². The van der Waals surface area contributed by atoms with Crippen LogP contribution >= 0.6 is 11.3 Å². The van der Waals surface area contributed by atoms with Crippen LogP contribution in [0.15, 0.2) is 34.2 Å².